The third kappa shape index (κ3) is 5.75. The normalized spacial score (nSPS) is 16.8. The van der Waals surface area contributed by atoms with Crippen LogP contribution in [-0.2, 0) is 0 Å². The van der Waals surface area contributed by atoms with Crippen LogP contribution in [0.2, 0.25) is 0 Å². The zero-order chi connectivity index (χ0) is 13.5. The van der Waals surface area contributed by atoms with Crippen molar-refractivity contribution in [2.75, 3.05) is 13.1 Å². The molecule has 0 saturated heterocycles. The molecule has 1 aromatic carbocycles. The first-order valence-electron chi connectivity index (χ1n) is 7.77. The van der Waals surface area contributed by atoms with Crippen LogP contribution in [0, 0.1) is 0 Å². The molecule has 0 bridgehead atoms. The monoisotopic (exact) mass is 260 g/mol. The smallest absolute Gasteiger partial charge is 0.00682 e. The number of rotatable bonds is 9. The van der Waals surface area contributed by atoms with Gasteiger partial charge in [-0.1, -0.05) is 44.2 Å². The Kier molecular flexibility index (Phi) is 5.87. The molecule has 0 heterocycles. The summed E-state index contributed by atoms with van der Waals surface area (Å²) in [6.45, 7) is 6.70. The third-order valence-electron chi connectivity index (χ3n) is 3.78. The van der Waals surface area contributed by atoms with Crippen LogP contribution < -0.4 is 10.6 Å². The quantitative estimate of drug-likeness (QED) is 0.666. The minimum atomic E-state index is 0.566. The van der Waals surface area contributed by atoms with Crippen LogP contribution in [0.15, 0.2) is 30.3 Å². The molecule has 19 heavy (non-hydrogen) atoms. The summed E-state index contributed by atoms with van der Waals surface area (Å²) in [5.74, 6) is 0.643. The van der Waals surface area contributed by atoms with Gasteiger partial charge in [-0.3, -0.25) is 0 Å². The molecule has 0 spiro atoms. The van der Waals surface area contributed by atoms with Crippen molar-refractivity contribution in [2.24, 2.45) is 0 Å². The van der Waals surface area contributed by atoms with Gasteiger partial charge in [-0.2, -0.15) is 0 Å². The van der Waals surface area contributed by atoms with Gasteiger partial charge in [0.1, 0.15) is 0 Å². The van der Waals surface area contributed by atoms with Crippen molar-refractivity contribution in [1.82, 2.24) is 10.6 Å². The van der Waals surface area contributed by atoms with E-state index < -0.39 is 0 Å². The van der Waals surface area contributed by atoms with Gasteiger partial charge in [-0.05, 0) is 43.7 Å². The van der Waals surface area contributed by atoms with Crippen molar-refractivity contribution in [1.29, 1.82) is 0 Å². The maximum atomic E-state index is 3.61. The average Bonchev–Trinajstić information content (AvgIpc) is 3.23. The maximum Gasteiger partial charge on any atom is 0.00682 e. The van der Waals surface area contributed by atoms with Crippen molar-refractivity contribution >= 4 is 0 Å². The Morgan fingerprint density at radius 2 is 1.89 bits per heavy atom. The van der Waals surface area contributed by atoms with Gasteiger partial charge < -0.3 is 10.6 Å². The first-order chi connectivity index (χ1) is 9.25. The Labute approximate surface area is 118 Å². The maximum absolute atomic E-state index is 3.61. The number of hydrogen-bond acceptors (Lipinski definition) is 2. The molecule has 1 aliphatic carbocycles. The van der Waals surface area contributed by atoms with E-state index >= 15 is 0 Å². The summed E-state index contributed by atoms with van der Waals surface area (Å²) in [4.78, 5) is 0. The van der Waals surface area contributed by atoms with Crippen LogP contribution in [0.25, 0.3) is 0 Å². The van der Waals surface area contributed by atoms with Crippen molar-refractivity contribution in [3.8, 4) is 0 Å². The van der Waals surface area contributed by atoms with Crippen LogP contribution >= 0.6 is 0 Å². The van der Waals surface area contributed by atoms with Gasteiger partial charge in [-0.25, -0.2) is 0 Å². The van der Waals surface area contributed by atoms with Gasteiger partial charge in [-0.15, -0.1) is 0 Å². The summed E-state index contributed by atoms with van der Waals surface area (Å²) in [5.41, 5.74) is 1.47. The summed E-state index contributed by atoms with van der Waals surface area (Å²) in [7, 11) is 0. The minimum Gasteiger partial charge on any atom is -0.314 e. The highest BCUT2D eigenvalue weighted by atomic mass is 14.9. The molecule has 106 valence electrons. The highest BCUT2D eigenvalue weighted by Crippen LogP contribution is 2.22. The van der Waals surface area contributed by atoms with Crippen LogP contribution in [-0.4, -0.2) is 25.2 Å². The second-order valence-electron chi connectivity index (χ2n) is 6.04. The zero-order valence-electron chi connectivity index (χ0n) is 12.4. The van der Waals surface area contributed by atoms with E-state index in [2.05, 4.69) is 54.8 Å². The van der Waals surface area contributed by atoms with Gasteiger partial charge in [0.25, 0.3) is 0 Å². The first-order valence-corrected chi connectivity index (χ1v) is 7.77. The lowest BCUT2D eigenvalue weighted by Gasteiger charge is -2.20. The summed E-state index contributed by atoms with van der Waals surface area (Å²) >= 11 is 0. The summed E-state index contributed by atoms with van der Waals surface area (Å²) in [6, 6.07) is 12.3. The average molecular weight is 260 g/mol. The fraction of sp³-hybridized carbons (Fsp3) is 0.647. The molecular weight excluding hydrogens is 232 g/mol. The predicted molar refractivity (Wildman–Crippen MR) is 82.6 cm³/mol. The topological polar surface area (TPSA) is 24.1 Å². The molecule has 1 aliphatic rings. The Bertz CT molecular complexity index is 344. The van der Waals surface area contributed by atoms with Gasteiger partial charge in [0.2, 0.25) is 0 Å². The number of hydrogen-bond donors (Lipinski definition) is 2. The molecular formula is C17H28N2. The largest absolute Gasteiger partial charge is 0.314 e. The van der Waals surface area contributed by atoms with Gasteiger partial charge in [0.05, 0.1) is 0 Å². The van der Waals surface area contributed by atoms with E-state index in [0.717, 1.165) is 12.6 Å². The first kappa shape index (κ1) is 14.5. The molecule has 0 amide bonds. The van der Waals surface area contributed by atoms with Crippen molar-refractivity contribution < 1.29 is 0 Å². The lowest BCUT2D eigenvalue weighted by molar-refractivity contribution is 0.488. The molecule has 0 radical (unpaired) electrons. The molecule has 1 fully saturated rings. The van der Waals surface area contributed by atoms with Crippen LogP contribution in [0.4, 0.5) is 0 Å². The molecule has 2 heteroatoms. The molecule has 2 N–H and O–H groups in total. The van der Waals surface area contributed by atoms with E-state index in [1.807, 2.05) is 0 Å². The predicted octanol–water partition coefficient (Wildman–Crippen LogP) is 3.30. The van der Waals surface area contributed by atoms with E-state index in [1.54, 1.807) is 0 Å². The second-order valence-corrected chi connectivity index (χ2v) is 6.04. The molecule has 1 aromatic rings. The second kappa shape index (κ2) is 7.66. The van der Waals surface area contributed by atoms with Gasteiger partial charge >= 0.3 is 0 Å². The summed E-state index contributed by atoms with van der Waals surface area (Å²) < 4.78 is 0. The molecule has 1 atom stereocenters. The lowest BCUT2D eigenvalue weighted by Crippen LogP contribution is -2.28. The van der Waals surface area contributed by atoms with Gasteiger partial charge in [0, 0.05) is 18.6 Å². The molecule has 2 nitrogen and oxygen atoms in total. The fourth-order valence-corrected chi connectivity index (χ4v) is 2.43. The SMILES string of the molecule is CC(C)NCC(CCCNC1CC1)c1ccccc1. The van der Waals surface area contributed by atoms with Crippen LogP contribution in [0.3, 0.4) is 0 Å². The standard InChI is InChI=1S/C17H28N2/c1-14(2)19-13-16(15-7-4-3-5-8-15)9-6-12-18-17-10-11-17/h3-5,7-8,14,16-19H,6,9-13H2,1-2H3. The Morgan fingerprint density at radius 1 is 1.16 bits per heavy atom. The highest BCUT2D eigenvalue weighted by Gasteiger charge is 2.20. The number of nitrogens with one attached hydrogen (secondary N) is 2. The van der Waals surface area contributed by atoms with E-state index in [9.17, 15) is 0 Å². The molecule has 0 aromatic heterocycles. The van der Waals surface area contributed by atoms with Crippen LogP contribution in [0.5, 0.6) is 0 Å². The minimum absolute atomic E-state index is 0.566. The fourth-order valence-electron chi connectivity index (χ4n) is 2.43. The van der Waals surface area contributed by atoms with Crippen molar-refractivity contribution in [3.05, 3.63) is 35.9 Å². The molecule has 0 aliphatic heterocycles. The lowest BCUT2D eigenvalue weighted by atomic mass is 9.94. The van der Waals surface area contributed by atoms with E-state index in [1.165, 1.54) is 37.8 Å². The summed E-state index contributed by atoms with van der Waals surface area (Å²) in [6.07, 6.45) is 5.31. The van der Waals surface area contributed by atoms with E-state index in [0.29, 0.717) is 12.0 Å². The Balaban J connectivity index is 1.78. The third-order valence-corrected chi connectivity index (χ3v) is 3.78. The molecule has 1 unspecified atom stereocenters. The summed E-state index contributed by atoms with van der Waals surface area (Å²) in [5, 5.41) is 7.19. The Hall–Kier alpha value is -0.860. The Morgan fingerprint density at radius 3 is 2.53 bits per heavy atom. The van der Waals surface area contributed by atoms with E-state index in [-0.39, 0.29) is 0 Å². The van der Waals surface area contributed by atoms with Crippen LogP contribution in [0.1, 0.15) is 51.0 Å². The zero-order valence-corrected chi connectivity index (χ0v) is 12.4. The van der Waals surface area contributed by atoms with Crippen molar-refractivity contribution in [2.45, 2.75) is 57.5 Å². The van der Waals surface area contributed by atoms with Crippen molar-refractivity contribution in [3.63, 3.8) is 0 Å². The highest BCUT2D eigenvalue weighted by molar-refractivity contribution is 5.19. The number of benzene rings is 1. The molecule has 1 saturated carbocycles. The molecule has 2 rings (SSSR count). The van der Waals surface area contributed by atoms with Gasteiger partial charge in [0.15, 0.2) is 0 Å². The van der Waals surface area contributed by atoms with E-state index in [4.69, 9.17) is 0 Å².